The van der Waals surface area contributed by atoms with Crippen LogP contribution in [0.2, 0.25) is 0 Å². The molecule has 29 heavy (non-hydrogen) atoms. The van der Waals surface area contributed by atoms with E-state index >= 15 is 0 Å². The Balaban J connectivity index is 4.25. The van der Waals surface area contributed by atoms with Gasteiger partial charge in [0.25, 0.3) is 0 Å². The second-order valence-electron chi connectivity index (χ2n) is 8.21. The lowest BCUT2D eigenvalue weighted by Crippen LogP contribution is -2.41. The molecular weight excluding hydrogens is 368 g/mol. The summed E-state index contributed by atoms with van der Waals surface area (Å²) in [7, 11) is 1.68. The van der Waals surface area contributed by atoms with Crippen LogP contribution in [0.4, 0.5) is 0 Å². The van der Waals surface area contributed by atoms with Crippen LogP contribution in [0.5, 0.6) is 0 Å². The highest BCUT2D eigenvalue weighted by Gasteiger charge is 2.45. The molecule has 1 atom stereocenters. The lowest BCUT2D eigenvalue weighted by atomic mass is 9.82. The minimum atomic E-state index is -1.17. The van der Waals surface area contributed by atoms with Gasteiger partial charge in [-0.15, -0.1) is 0 Å². The first-order valence-electron chi connectivity index (χ1n) is 11.8. The zero-order chi connectivity index (χ0) is 22.0. The molecule has 0 aromatic heterocycles. The lowest BCUT2D eigenvalue weighted by Gasteiger charge is -2.27. The second-order valence-corrected chi connectivity index (χ2v) is 8.21. The van der Waals surface area contributed by atoms with Gasteiger partial charge in [0.2, 0.25) is 0 Å². The minimum Gasteiger partial charge on any atom is -0.465 e. The molecule has 5 nitrogen and oxygen atoms in total. The van der Waals surface area contributed by atoms with Crippen LogP contribution in [0.15, 0.2) is 0 Å². The van der Waals surface area contributed by atoms with E-state index in [2.05, 4.69) is 13.8 Å². The summed E-state index contributed by atoms with van der Waals surface area (Å²) in [5.41, 5.74) is -1.17. The Morgan fingerprint density at radius 3 is 1.72 bits per heavy atom. The van der Waals surface area contributed by atoms with Crippen LogP contribution >= 0.6 is 0 Å². The molecule has 5 heteroatoms. The summed E-state index contributed by atoms with van der Waals surface area (Å²) in [6.07, 6.45) is 12.0. The topological polar surface area (TPSA) is 61.8 Å². The van der Waals surface area contributed by atoms with Crippen molar-refractivity contribution >= 4 is 11.9 Å². The fourth-order valence-corrected chi connectivity index (χ4v) is 3.40. The van der Waals surface area contributed by atoms with Gasteiger partial charge in [-0.3, -0.25) is 9.59 Å². The highest BCUT2D eigenvalue weighted by atomic mass is 16.6. The fraction of sp³-hybridized carbons (Fsp3) is 0.917. The number of unbranched alkanes of at least 4 members (excludes halogenated alkanes) is 7. The summed E-state index contributed by atoms with van der Waals surface area (Å²) in [6, 6.07) is 0. The maximum atomic E-state index is 12.7. The molecule has 0 fully saturated rings. The first-order valence-corrected chi connectivity index (χ1v) is 11.8. The van der Waals surface area contributed by atoms with Gasteiger partial charge >= 0.3 is 11.9 Å². The van der Waals surface area contributed by atoms with Gasteiger partial charge in [0.15, 0.2) is 5.41 Å². The van der Waals surface area contributed by atoms with E-state index in [1.807, 2.05) is 13.8 Å². The first kappa shape index (κ1) is 27.9. The van der Waals surface area contributed by atoms with Crippen molar-refractivity contribution in [2.45, 2.75) is 105 Å². The number of rotatable bonds is 19. The van der Waals surface area contributed by atoms with E-state index in [4.69, 9.17) is 14.2 Å². The number of esters is 2. The molecule has 0 saturated carbocycles. The summed E-state index contributed by atoms with van der Waals surface area (Å²) >= 11 is 0. The van der Waals surface area contributed by atoms with Crippen molar-refractivity contribution in [1.82, 2.24) is 0 Å². The van der Waals surface area contributed by atoms with Crippen molar-refractivity contribution in [1.29, 1.82) is 0 Å². The predicted octanol–water partition coefficient (Wildman–Crippen LogP) is 6.08. The number of hydrogen-bond acceptors (Lipinski definition) is 5. The molecule has 0 saturated heterocycles. The summed E-state index contributed by atoms with van der Waals surface area (Å²) in [4.78, 5) is 25.4. The van der Waals surface area contributed by atoms with Crippen LogP contribution < -0.4 is 0 Å². The third-order valence-corrected chi connectivity index (χ3v) is 5.88. The molecule has 1 unspecified atom stereocenters. The van der Waals surface area contributed by atoms with Crippen LogP contribution in [0, 0.1) is 11.3 Å². The molecule has 0 N–H and O–H groups in total. The third-order valence-electron chi connectivity index (χ3n) is 5.88. The van der Waals surface area contributed by atoms with Crippen molar-refractivity contribution in [3.63, 3.8) is 0 Å². The van der Waals surface area contributed by atoms with Crippen molar-refractivity contribution in [3.05, 3.63) is 0 Å². The predicted molar refractivity (Wildman–Crippen MR) is 118 cm³/mol. The van der Waals surface area contributed by atoms with Crippen LogP contribution in [0.1, 0.15) is 105 Å². The van der Waals surface area contributed by atoms with Crippen LogP contribution in [0.3, 0.4) is 0 Å². The number of carbonyl (C=O) groups is 2. The van der Waals surface area contributed by atoms with Gasteiger partial charge in [-0.25, -0.2) is 0 Å². The molecule has 0 amide bonds. The van der Waals surface area contributed by atoms with E-state index in [1.54, 1.807) is 7.11 Å². The van der Waals surface area contributed by atoms with E-state index < -0.39 is 17.4 Å². The monoisotopic (exact) mass is 414 g/mol. The maximum absolute atomic E-state index is 12.7. The van der Waals surface area contributed by atoms with Gasteiger partial charge in [0, 0.05) is 13.7 Å². The number of carbonyl (C=O) groups excluding carboxylic acids is 2. The summed E-state index contributed by atoms with van der Waals surface area (Å²) in [6.45, 7) is 9.45. The van der Waals surface area contributed by atoms with E-state index in [1.165, 1.54) is 38.5 Å². The van der Waals surface area contributed by atoms with Gasteiger partial charge in [-0.05, 0) is 38.0 Å². The Morgan fingerprint density at radius 1 is 0.724 bits per heavy atom. The summed E-state index contributed by atoms with van der Waals surface area (Å²) in [5, 5.41) is 0. The van der Waals surface area contributed by atoms with Gasteiger partial charge < -0.3 is 14.2 Å². The molecule has 0 spiro atoms. The minimum absolute atomic E-state index is 0.330. The molecule has 172 valence electrons. The summed E-state index contributed by atoms with van der Waals surface area (Å²) in [5.74, 6) is -0.459. The zero-order valence-corrected chi connectivity index (χ0v) is 19.7. The molecule has 0 aliphatic heterocycles. The molecule has 0 bridgehead atoms. The van der Waals surface area contributed by atoms with Gasteiger partial charge in [-0.2, -0.15) is 0 Å². The molecular formula is C24H46O5. The summed E-state index contributed by atoms with van der Waals surface area (Å²) < 4.78 is 16.0. The average Bonchev–Trinajstić information content (AvgIpc) is 2.72. The van der Waals surface area contributed by atoms with Crippen LogP contribution in [0.25, 0.3) is 0 Å². The lowest BCUT2D eigenvalue weighted by molar-refractivity contribution is -0.173. The van der Waals surface area contributed by atoms with Crippen molar-refractivity contribution < 1.29 is 23.8 Å². The molecule has 0 aliphatic rings. The maximum Gasteiger partial charge on any atom is 0.323 e. The molecule has 0 heterocycles. The Labute approximate surface area is 179 Å². The third kappa shape index (κ3) is 11.6. The quantitative estimate of drug-likeness (QED) is 0.145. The molecule has 0 aromatic rings. The smallest absolute Gasteiger partial charge is 0.323 e. The molecule has 0 rings (SSSR count). The fourth-order valence-electron chi connectivity index (χ4n) is 3.40. The van der Waals surface area contributed by atoms with Crippen molar-refractivity contribution in [2.24, 2.45) is 11.3 Å². The number of hydrogen-bond donors (Lipinski definition) is 0. The molecule has 0 aromatic carbocycles. The van der Waals surface area contributed by atoms with Crippen LogP contribution in [-0.2, 0) is 23.8 Å². The van der Waals surface area contributed by atoms with Crippen LogP contribution in [-0.4, -0.2) is 38.9 Å². The zero-order valence-electron chi connectivity index (χ0n) is 19.7. The largest absolute Gasteiger partial charge is 0.465 e. The Bertz CT molecular complexity index is 417. The van der Waals surface area contributed by atoms with Gasteiger partial charge in [0.1, 0.15) is 0 Å². The van der Waals surface area contributed by atoms with Gasteiger partial charge in [-0.1, -0.05) is 72.6 Å². The van der Waals surface area contributed by atoms with E-state index in [0.29, 0.717) is 38.6 Å². The SMILES string of the molecule is CCCCCCCCCCOC(=O)C(CC)(CC)C(=O)OCCC(C)CCOC. The van der Waals surface area contributed by atoms with Crippen molar-refractivity contribution in [2.75, 3.05) is 26.9 Å². The van der Waals surface area contributed by atoms with Crippen molar-refractivity contribution in [3.8, 4) is 0 Å². The standard InChI is InChI=1S/C24H46O5/c1-6-9-10-11-12-13-14-15-18-28-22(25)24(7-2,8-3)23(26)29-20-17-21(4)16-19-27-5/h21H,6-20H2,1-5H3. The van der Waals surface area contributed by atoms with E-state index in [9.17, 15) is 9.59 Å². The first-order chi connectivity index (χ1) is 14.0. The highest BCUT2D eigenvalue weighted by Crippen LogP contribution is 2.30. The highest BCUT2D eigenvalue weighted by molar-refractivity contribution is 5.99. The Kier molecular flexibility index (Phi) is 17.1. The molecule has 0 aliphatic carbocycles. The number of ether oxygens (including phenoxy) is 3. The van der Waals surface area contributed by atoms with E-state index in [-0.39, 0.29) is 0 Å². The Hall–Kier alpha value is -1.10. The normalized spacial score (nSPS) is 12.6. The Morgan fingerprint density at radius 2 is 1.21 bits per heavy atom. The number of methoxy groups -OCH3 is 1. The average molecular weight is 415 g/mol. The second kappa shape index (κ2) is 17.7. The van der Waals surface area contributed by atoms with Gasteiger partial charge in [0.05, 0.1) is 13.2 Å². The van der Waals surface area contributed by atoms with E-state index in [0.717, 1.165) is 25.7 Å². The molecule has 0 radical (unpaired) electrons.